The predicted molar refractivity (Wildman–Crippen MR) is 119 cm³/mol. The monoisotopic (exact) mass is 455 g/mol. The number of nitrogens with zero attached hydrogens (tertiary/aromatic N) is 2. The van der Waals surface area contributed by atoms with Gasteiger partial charge in [-0.2, -0.15) is 4.31 Å². The van der Waals surface area contributed by atoms with Crippen LogP contribution in [0.4, 0.5) is 5.69 Å². The number of benzene rings is 2. The summed E-state index contributed by atoms with van der Waals surface area (Å²) in [5.74, 6) is -1.24. The van der Waals surface area contributed by atoms with Crippen molar-refractivity contribution in [1.29, 1.82) is 0 Å². The number of amides is 3. The van der Waals surface area contributed by atoms with E-state index in [0.717, 1.165) is 37.0 Å². The summed E-state index contributed by atoms with van der Waals surface area (Å²) >= 11 is 0. The molecule has 0 saturated heterocycles. The fraction of sp³-hybridized carbons (Fsp3) is 0.348. The minimum absolute atomic E-state index is 0.00479. The average Bonchev–Trinajstić information content (AvgIpc) is 3.02. The van der Waals surface area contributed by atoms with Crippen molar-refractivity contribution in [3.05, 3.63) is 59.2 Å². The molecule has 1 fully saturated rings. The second-order valence-electron chi connectivity index (χ2n) is 8.22. The Bertz CT molecular complexity index is 1180. The summed E-state index contributed by atoms with van der Waals surface area (Å²) in [4.78, 5) is 37.9. The Kier molecular flexibility index (Phi) is 5.87. The Balaban J connectivity index is 1.48. The number of nitrogens with one attached hydrogen (secondary N) is 1. The zero-order chi connectivity index (χ0) is 23.0. The number of sulfonamides is 1. The van der Waals surface area contributed by atoms with Gasteiger partial charge in [-0.05, 0) is 55.3 Å². The molecule has 168 valence electrons. The van der Waals surface area contributed by atoms with Crippen LogP contribution in [0.5, 0.6) is 0 Å². The zero-order valence-corrected chi connectivity index (χ0v) is 18.8. The first kappa shape index (κ1) is 22.2. The van der Waals surface area contributed by atoms with Gasteiger partial charge >= 0.3 is 0 Å². The molecule has 0 spiro atoms. The van der Waals surface area contributed by atoms with Crippen LogP contribution in [0, 0.1) is 0 Å². The molecular weight excluding hydrogens is 430 g/mol. The van der Waals surface area contributed by atoms with Crippen molar-refractivity contribution in [3.8, 4) is 0 Å². The van der Waals surface area contributed by atoms with Crippen LogP contribution >= 0.6 is 0 Å². The zero-order valence-electron chi connectivity index (χ0n) is 18.0. The maximum atomic E-state index is 13.0. The molecule has 1 aliphatic heterocycles. The molecule has 0 aromatic heterocycles. The van der Waals surface area contributed by atoms with E-state index in [9.17, 15) is 22.8 Å². The molecule has 2 aliphatic rings. The van der Waals surface area contributed by atoms with Gasteiger partial charge in [0.05, 0.1) is 16.0 Å². The second kappa shape index (κ2) is 8.48. The fourth-order valence-corrected chi connectivity index (χ4v) is 5.64. The molecule has 1 saturated carbocycles. The Labute approximate surface area is 187 Å². The quantitative estimate of drug-likeness (QED) is 0.698. The highest BCUT2D eigenvalue weighted by Crippen LogP contribution is 2.27. The van der Waals surface area contributed by atoms with Crippen molar-refractivity contribution in [3.63, 3.8) is 0 Å². The van der Waals surface area contributed by atoms with Crippen LogP contribution in [0.25, 0.3) is 0 Å². The third-order valence-electron chi connectivity index (χ3n) is 6.23. The lowest BCUT2D eigenvalue weighted by Crippen LogP contribution is -2.38. The number of fused-ring (bicyclic) bond motifs is 1. The maximum absolute atomic E-state index is 13.0. The van der Waals surface area contributed by atoms with Gasteiger partial charge in [0.2, 0.25) is 10.0 Å². The molecule has 4 rings (SSSR count). The maximum Gasteiger partial charge on any atom is 0.261 e. The first-order valence-electron chi connectivity index (χ1n) is 10.6. The van der Waals surface area contributed by atoms with Gasteiger partial charge in [0.25, 0.3) is 17.7 Å². The molecule has 0 atom stereocenters. The molecule has 1 aliphatic carbocycles. The van der Waals surface area contributed by atoms with Crippen LogP contribution in [-0.2, 0) is 10.0 Å². The van der Waals surface area contributed by atoms with Gasteiger partial charge in [-0.25, -0.2) is 8.42 Å². The minimum atomic E-state index is -3.64. The second-order valence-corrected chi connectivity index (χ2v) is 10.2. The van der Waals surface area contributed by atoms with Gasteiger partial charge in [-0.3, -0.25) is 19.3 Å². The van der Waals surface area contributed by atoms with E-state index in [-0.39, 0.29) is 28.0 Å². The highest BCUT2D eigenvalue weighted by atomic mass is 32.2. The van der Waals surface area contributed by atoms with Crippen molar-refractivity contribution in [2.45, 2.75) is 43.0 Å². The molecule has 1 N–H and O–H groups in total. The van der Waals surface area contributed by atoms with Crippen LogP contribution in [0.15, 0.2) is 47.4 Å². The van der Waals surface area contributed by atoms with Crippen LogP contribution < -0.4 is 5.32 Å². The predicted octanol–water partition coefficient (Wildman–Crippen LogP) is 3.12. The lowest BCUT2D eigenvalue weighted by Gasteiger charge is -2.30. The van der Waals surface area contributed by atoms with E-state index >= 15 is 0 Å². The topological polar surface area (TPSA) is 104 Å². The lowest BCUT2D eigenvalue weighted by molar-refractivity contribution is 0.0692. The Morgan fingerprint density at radius 2 is 1.59 bits per heavy atom. The van der Waals surface area contributed by atoms with E-state index in [0.29, 0.717) is 11.3 Å². The number of anilines is 1. The van der Waals surface area contributed by atoms with Crippen molar-refractivity contribution < 1.29 is 22.8 Å². The number of carbonyl (C=O) groups excluding carboxylic acids is 3. The van der Waals surface area contributed by atoms with E-state index in [1.807, 2.05) is 0 Å². The molecular formula is C23H25N3O5S. The van der Waals surface area contributed by atoms with E-state index in [2.05, 4.69) is 5.32 Å². The van der Waals surface area contributed by atoms with E-state index in [1.165, 1.54) is 47.8 Å². The largest absolute Gasteiger partial charge is 0.322 e. The number of hydrogen-bond acceptors (Lipinski definition) is 5. The summed E-state index contributed by atoms with van der Waals surface area (Å²) in [5, 5.41) is 2.69. The average molecular weight is 456 g/mol. The molecule has 0 radical (unpaired) electrons. The fourth-order valence-electron chi connectivity index (χ4n) is 4.23. The number of rotatable bonds is 5. The van der Waals surface area contributed by atoms with Gasteiger partial charge in [-0.1, -0.05) is 19.3 Å². The number of imide groups is 1. The standard InChI is InChI=1S/C23H25N3O5S/c1-25-22(28)19-13-10-16(14-20(19)23(25)29)24-21(27)15-8-11-18(12-9-15)32(30,31)26(2)17-6-4-3-5-7-17/h8-14,17H,3-7H2,1-2H3,(H,24,27). The van der Waals surface area contributed by atoms with Crippen LogP contribution in [0.3, 0.4) is 0 Å². The summed E-state index contributed by atoms with van der Waals surface area (Å²) in [5.41, 5.74) is 1.19. The van der Waals surface area contributed by atoms with E-state index in [4.69, 9.17) is 0 Å². The number of hydrogen-bond donors (Lipinski definition) is 1. The normalized spacial score (nSPS) is 17.0. The van der Waals surface area contributed by atoms with Gasteiger partial charge in [-0.15, -0.1) is 0 Å². The first-order chi connectivity index (χ1) is 15.2. The van der Waals surface area contributed by atoms with Gasteiger partial charge in [0.15, 0.2) is 0 Å². The van der Waals surface area contributed by atoms with Gasteiger partial charge in [0.1, 0.15) is 0 Å². The van der Waals surface area contributed by atoms with Crippen LogP contribution in [0.2, 0.25) is 0 Å². The summed E-state index contributed by atoms with van der Waals surface area (Å²) < 4.78 is 27.4. The Morgan fingerprint density at radius 3 is 2.25 bits per heavy atom. The molecule has 1 heterocycles. The molecule has 2 aromatic carbocycles. The van der Waals surface area contributed by atoms with E-state index in [1.54, 1.807) is 13.1 Å². The molecule has 9 heteroatoms. The minimum Gasteiger partial charge on any atom is -0.322 e. The van der Waals surface area contributed by atoms with E-state index < -0.39 is 21.8 Å². The first-order valence-corrected chi connectivity index (χ1v) is 12.0. The summed E-state index contributed by atoms with van der Waals surface area (Å²) in [6.45, 7) is 0. The third-order valence-corrected chi connectivity index (χ3v) is 8.15. The smallest absolute Gasteiger partial charge is 0.261 e. The SMILES string of the molecule is CN1C(=O)c2ccc(NC(=O)c3ccc(S(=O)(=O)N(C)C4CCCCC4)cc3)cc2C1=O. The molecule has 8 nitrogen and oxygen atoms in total. The molecule has 3 amide bonds. The van der Waals surface area contributed by atoms with Gasteiger partial charge in [0, 0.05) is 31.4 Å². The van der Waals surface area contributed by atoms with Crippen LogP contribution in [-0.4, -0.2) is 55.5 Å². The van der Waals surface area contributed by atoms with Gasteiger partial charge < -0.3 is 5.32 Å². The summed E-state index contributed by atoms with van der Waals surface area (Å²) in [7, 11) is -0.615. The third kappa shape index (κ3) is 3.93. The van der Waals surface area contributed by atoms with Crippen molar-refractivity contribution >= 4 is 33.4 Å². The van der Waals surface area contributed by atoms with Crippen molar-refractivity contribution in [2.24, 2.45) is 0 Å². The Hall–Kier alpha value is -3.04. The number of carbonyl (C=O) groups is 3. The van der Waals surface area contributed by atoms with Crippen molar-refractivity contribution in [1.82, 2.24) is 9.21 Å². The Morgan fingerprint density at radius 1 is 0.969 bits per heavy atom. The highest BCUT2D eigenvalue weighted by molar-refractivity contribution is 7.89. The molecule has 2 aromatic rings. The lowest BCUT2D eigenvalue weighted by atomic mass is 9.96. The molecule has 32 heavy (non-hydrogen) atoms. The summed E-state index contributed by atoms with van der Waals surface area (Å²) in [6, 6.07) is 10.3. The molecule has 0 bridgehead atoms. The van der Waals surface area contributed by atoms with Crippen molar-refractivity contribution in [2.75, 3.05) is 19.4 Å². The van der Waals surface area contributed by atoms with Crippen LogP contribution in [0.1, 0.15) is 63.2 Å². The summed E-state index contributed by atoms with van der Waals surface area (Å²) in [6.07, 6.45) is 4.92. The molecule has 0 unspecified atom stereocenters. The highest BCUT2D eigenvalue weighted by Gasteiger charge is 2.33.